The van der Waals surface area contributed by atoms with Crippen molar-refractivity contribution in [3.63, 3.8) is 0 Å². The molecule has 0 aromatic heterocycles. The largest absolute Gasteiger partial charge is 0.338 e. The molecule has 1 aliphatic heterocycles. The number of thioether (sulfide) groups is 1. The Balaban J connectivity index is 1.53. The highest BCUT2D eigenvalue weighted by atomic mass is 32.2. The van der Waals surface area contributed by atoms with Gasteiger partial charge in [0.1, 0.15) is 0 Å². The van der Waals surface area contributed by atoms with Crippen molar-refractivity contribution in [2.24, 2.45) is 5.92 Å². The second-order valence-corrected chi connectivity index (χ2v) is 6.35. The Labute approximate surface area is 109 Å². The van der Waals surface area contributed by atoms with Crippen LogP contribution in [0.25, 0.3) is 0 Å². The van der Waals surface area contributed by atoms with E-state index < -0.39 is 0 Å². The third-order valence-corrected chi connectivity index (χ3v) is 4.78. The first kappa shape index (κ1) is 13.1. The fraction of sp³-hybridized carbons (Fsp3) is 0.923. The first-order chi connectivity index (χ1) is 8.36. The van der Waals surface area contributed by atoms with Crippen molar-refractivity contribution in [2.45, 2.75) is 38.5 Å². The Bertz CT molecular complexity index is 236. The molecule has 3 nitrogen and oxygen atoms in total. The van der Waals surface area contributed by atoms with Gasteiger partial charge >= 0.3 is 6.03 Å². The number of nitrogens with one attached hydrogen (secondary N) is 1. The molecule has 0 bridgehead atoms. The van der Waals surface area contributed by atoms with Gasteiger partial charge in [0.05, 0.1) is 0 Å². The molecule has 1 saturated carbocycles. The molecule has 0 aromatic rings. The van der Waals surface area contributed by atoms with Crippen molar-refractivity contribution in [1.29, 1.82) is 0 Å². The highest BCUT2D eigenvalue weighted by Gasteiger charge is 2.17. The van der Waals surface area contributed by atoms with E-state index in [1.54, 1.807) is 0 Å². The van der Waals surface area contributed by atoms with E-state index in [1.165, 1.54) is 32.1 Å². The molecule has 2 rings (SSSR count). The normalized spacial score (nSPS) is 21.8. The number of nitrogens with zero attached hydrogens (tertiary/aromatic N) is 1. The van der Waals surface area contributed by atoms with E-state index in [0.717, 1.165) is 43.5 Å². The van der Waals surface area contributed by atoms with Gasteiger partial charge in [0.25, 0.3) is 0 Å². The Morgan fingerprint density at radius 3 is 2.65 bits per heavy atom. The molecular formula is C13H24N2OS. The molecule has 17 heavy (non-hydrogen) atoms. The summed E-state index contributed by atoms with van der Waals surface area (Å²) in [5, 5.41) is 3.05. The predicted octanol–water partition coefficient (Wildman–Crippen LogP) is 2.72. The maximum Gasteiger partial charge on any atom is 0.317 e. The quantitative estimate of drug-likeness (QED) is 0.784. The van der Waals surface area contributed by atoms with Gasteiger partial charge in [-0.1, -0.05) is 25.7 Å². The van der Waals surface area contributed by atoms with Crippen LogP contribution in [0.3, 0.4) is 0 Å². The maximum absolute atomic E-state index is 11.8. The van der Waals surface area contributed by atoms with E-state index >= 15 is 0 Å². The number of hydrogen-bond acceptors (Lipinski definition) is 2. The third kappa shape index (κ3) is 4.41. The minimum Gasteiger partial charge on any atom is -0.338 e. The van der Waals surface area contributed by atoms with Crippen LogP contribution in [0.5, 0.6) is 0 Å². The van der Waals surface area contributed by atoms with Crippen LogP contribution in [0.15, 0.2) is 0 Å². The first-order valence-electron chi connectivity index (χ1n) is 6.97. The van der Waals surface area contributed by atoms with Gasteiger partial charge in [-0.15, -0.1) is 0 Å². The topological polar surface area (TPSA) is 32.3 Å². The van der Waals surface area contributed by atoms with E-state index in [4.69, 9.17) is 0 Å². The minimum absolute atomic E-state index is 0.150. The number of rotatable bonds is 4. The van der Waals surface area contributed by atoms with Crippen LogP contribution < -0.4 is 5.32 Å². The summed E-state index contributed by atoms with van der Waals surface area (Å²) >= 11 is 1.94. The Hall–Kier alpha value is -0.380. The van der Waals surface area contributed by atoms with E-state index in [-0.39, 0.29) is 6.03 Å². The molecule has 2 aliphatic rings. The molecule has 0 spiro atoms. The minimum atomic E-state index is 0.150. The van der Waals surface area contributed by atoms with Crippen LogP contribution in [-0.4, -0.2) is 42.1 Å². The van der Waals surface area contributed by atoms with Gasteiger partial charge in [0.15, 0.2) is 0 Å². The van der Waals surface area contributed by atoms with Crippen molar-refractivity contribution in [3.8, 4) is 0 Å². The molecular weight excluding hydrogens is 232 g/mol. The summed E-state index contributed by atoms with van der Waals surface area (Å²) in [7, 11) is 0. The van der Waals surface area contributed by atoms with E-state index in [2.05, 4.69) is 5.32 Å². The lowest BCUT2D eigenvalue weighted by molar-refractivity contribution is 0.202. The first-order valence-corrected chi connectivity index (χ1v) is 8.12. The molecule has 98 valence electrons. The summed E-state index contributed by atoms with van der Waals surface area (Å²) in [5.74, 6) is 3.13. The number of amides is 2. The van der Waals surface area contributed by atoms with Gasteiger partial charge in [-0.25, -0.2) is 4.79 Å². The molecule has 1 saturated heterocycles. The van der Waals surface area contributed by atoms with Crippen LogP contribution in [0, 0.1) is 5.92 Å². The molecule has 1 aliphatic carbocycles. The summed E-state index contributed by atoms with van der Waals surface area (Å²) in [6.45, 7) is 2.69. The summed E-state index contributed by atoms with van der Waals surface area (Å²) in [6, 6.07) is 0.150. The van der Waals surface area contributed by atoms with Crippen LogP contribution >= 0.6 is 11.8 Å². The van der Waals surface area contributed by atoms with Crippen LogP contribution in [0.4, 0.5) is 4.79 Å². The van der Waals surface area contributed by atoms with Gasteiger partial charge in [-0.3, -0.25) is 0 Å². The van der Waals surface area contributed by atoms with Crippen molar-refractivity contribution in [2.75, 3.05) is 31.1 Å². The van der Waals surface area contributed by atoms with Gasteiger partial charge in [0.2, 0.25) is 0 Å². The summed E-state index contributed by atoms with van der Waals surface area (Å²) in [6.07, 6.45) is 8.12. The molecule has 0 radical (unpaired) electrons. The lowest BCUT2D eigenvalue weighted by atomic mass is 10.0. The Morgan fingerprint density at radius 1 is 1.24 bits per heavy atom. The number of hydrogen-bond donors (Lipinski definition) is 1. The monoisotopic (exact) mass is 256 g/mol. The van der Waals surface area contributed by atoms with Crippen molar-refractivity contribution < 1.29 is 4.79 Å². The third-order valence-electron chi connectivity index (χ3n) is 3.84. The summed E-state index contributed by atoms with van der Waals surface area (Å²) in [5.41, 5.74) is 0. The van der Waals surface area contributed by atoms with E-state index in [1.807, 2.05) is 16.7 Å². The number of carbonyl (C=O) groups excluding carboxylic acids is 1. The fourth-order valence-electron chi connectivity index (χ4n) is 2.76. The van der Waals surface area contributed by atoms with Gasteiger partial charge < -0.3 is 10.2 Å². The Morgan fingerprint density at radius 2 is 1.94 bits per heavy atom. The lowest BCUT2D eigenvalue weighted by Gasteiger charge is -2.26. The molecule has 1 N–H and O–H groups in total. The van der Waals surface area contributed by atoms with Gasteiger partial charge in [-0.2, -0.15) is 11.8 Å². The summed E-state index contributed by atoms with van der Waals surface area (Å²) in [4.78, 5) is 13.8. The molecule has 2 amide bonds. The molecule has 0 atom stereocenters. The van der Waals surface area contributed by atoms with Crippen LogP contribution in [0.1, 0.15) is 38.5 Å². The Kier molecular flexibility index (Phi) is 5.49. The summed E-state index contributed by atoms with van der Waals surface area (Å²) < 4.78 is 0. The van der Waals surface area contributed by atoms with E-state index in [9.17, 15) is 4.79 Å². The SMILES string of the molecule is O=C(NCCCC1CCCC1)N1CCSCC1. The molecule has 1 heterocycles. The highest BCUT2D eigenvalue weighted by molar-refractivity contribution is 7.99. The zero-order valence-electron chi connectivity index (χ0n) is 10.6. The maximum atomic E-state index is 11.8. The second-order valence-electron chi connectivity index (χ2n) is 5.12. The standard InChI is InChI=1S/C13H24N2OS/c16-13(15-8-10-17-11-9-15)14-7-3-6-12-4-1-2-5-12/h12H,1-11H2,(H,14,16). The number of carbonyl (C=O) groups is 1. The van der Waals surface area contributed by atoms with Crippen molar-refractivity contribution in [1.82, 2.24) is 10.2 Å². The van der Waals surface area contributed by atoms with Crippen LogP contribution in [-0.2, 0) is 0 Å². The zero-order chi connectivity index (χ0) is 11.9. The lowest BCUT2D eigenvalue weighted by Crippen LogP contribution is -2.44. The predicted molar refractivity (Wildman–Crippen MR) is 73.5 cm³/mol. The van der Waals surface area contributed by atoms with Crippen molar-refractivity contribution in [3.05, 3.63) is 0 Å². The van der Waals surface area contributed by atoms with Gasteiger partial charge in [-0.05, 0) is 18.8 Å². The fourth-order valence-corrected chi connectivity index (χ4v) is 3.67. The highest BCUT2D eigenvalue weighted by Crippen LogP contribution is 2.28. The molecule has 2 fully saturated rings. The molecule has 4 heteroatoms. The van der Waals surface area contributed by atoms with E-state index in [0.29, 0.717) is 0 Å². The van der Waals surface area contributed by atoms with Crippen LogP contribution in [0.2, 0.25) is 0 Å². The average Bonchev–Trinajstić information content (AvgIpc) is 2.88. The van der Waals surface area contributed by atoms with Gasteiger partial charge in [0, 0.05) is 31.1 Å². The molecule has 0 unspecified atom stereocenters. The number of urea groups is 1. The smallest absolute Gasteiger partial charge is 0.317 e. The average molecular weight is 256 g/mol. The van der Waals surface area contributed by atoms with Crippen molar-refractivity contribution >= 4 is 17.8 Å². The second kappa shape index (κ2) is 7.14. The zero-order valence-corrected chi connectivity index (χ0v) is 11.4. The molecule has 0 aromatic carbocycles.